The quantitative estimate of drug-likeness (QED) is 0.250. The number of ether oxygens (including phenoxy) is 1. The highest BCUT2D eigenvalue weighted by Crippen LogP contribution is 2.09. The molecule has 0 radical (unpaired) electrons. The lowest BCUT2D eigenvalue weighted by Gasteiger charge is -2.04. The van der Waals surface area contributed by atoms with E-state index in [1.807, 2.05) is 12.1 Å². The maximum atomic E-state index is 11.7. The van der Waals surface area contributed by atoms with Gasteiger partial charge in [0.2, 0.25) is 0 Å². The highest BCUT2D eigenvalue weighted by atomic mass is 16.5. The molecule has 1 aromatic heterocycles. The summed E-state index contributed by atoms with van der Waals surface area (Å²) in [5.74, 6) is 12.0. The van der Waals surface area contributed by atoms with Crippen molar-refractivity contribution in [2.24, 2.45) is 0 Å². The zero-order valence-corrected chi connectivity index (χ0v) is 16.8. The first kappa shape index (κ1) is 22.8. The lowest BCUT2D eigenvalue weighted by atomic mass is 10.1. The molecule has 0 amide bonds. The number of nitrogens with zero attached hydrogens (tertiary/aromatic N) is 1. The van der Waals surface area contributed by atoms with Crippen LogP contribution >= 0.6 is 0 Å². The maximum absolute atomic E-state index is 11.7. The Kier molecular flexibility index (Phi) is 14.5. The SMILES string of the molecule is CCCCCC#CC#CCCCCCCCCC(=O)OCc1cccnc1. The van der Waals surface area contributed by atoms with Gasteiger partial charge in [0, 0.05) is 37.2 Å². The van der Waals surface area contributed by atoms with E-state index in [4.69, 9.17) is 4.74 Å². The van der Waals surface area contributed by atoms with Crippen LogP contribution in [0.3, 0.4) is 0 Å². The molecule has 0 spiro atoms. The number of pyridine rings is 1. The van der Waals surface area contributed by atoms with Crippen LogP contribution in [0.2, 0.25) is 0 Å². The fourth-order valence-electron chi connectivity index (χ4n) is 2.59. The van der Waals surface area contributed by atoms with Gasteiger partial charge in [-0.15, -0.1) is 0 Å². The number of aromatic nitrogens is 1. The molecule has 0 aromatic carbocycles. The molecule has 0 unspecified atom stereocenters. The van der Waals surface area contributed by atoms with Crippen molar-refractivity contribution in [3.63, 3.8) is 0 Å². The van der Waals surface area contributed by atoms with Gasteiger partial charge in [0.25, 0.3) is 0 Å². The average Bonchev–Trinajstić information content (AvgIpc) is 2.70. The van der Waals surface area contributed by atoms with Crippen LogP contribution in [0, 0.1) is 23.7 Å². The summed E-state index contributed by atoms with van der Waals surface area (Å²) in [5, 5.41) is 0. The third-order valence-electron chi connectivity index (χ3n) is 4.20. The molecule has 0 aliphatic heterocycles. The largest absolute Gasteiger partial charge is 0.461 e. The Morgan fingerprint density at radius 1 is 0.963 bits per heavy atom. The Bertz CT molecular complexity index is 617. The minimum atomic E-state index is -0.120. The van der Waals surface area contributed by atoms with Crippen molar-refractivity contribution in [2.45, 2.75) is 90.6 Å². The summed E-state index contributed by atoms with van der Waals surface area (Å²) >= 11 is 0. The maximum Gasteiger partial charge on any atom is 0.306 e. The molecule has 1 aromatic rings. The molecule has 0 saturated heterocycles. The summed E-state index contributed by atoms with van der Waals surface area (Å²) in [6.07, 6.45) is 16.2. The summed E-state index contributed by atoms with van der Waals surface area (Å²) in [7, 11) is 0. The van der Waals surface area contributed by atoms with Crippen molar-refractivity contribution in [3.8, 4) is 23.7 Å². The Labute approximate surface area is 165 Å². The summed E-state index contributed by atoms with van der Waals surface area (Å²) in [6.45, 7) is 2.52. The number of carbonyl (C=O) groups excluding carboxylic acids is 1. The summed E-state index contributed by atoms with van der Waals surface area (Å²) in [6, 6.07) is 3.75. The molecular formula is C24H33NO2. The van der Waals surface area contributed by atoms with E-state index in [1.165, 1.54) is 38.5 Å². The molecule has 1 rings (SSSR count). The molecule has 1 heterocycles. The van der Waals surface area contributed by atoms with Gasteiger partial charge in [-0.2, -0.15) is 0 Å². The fraction of sp³-hybridized carbons (Fsp3) is 0.583. The van der Waals surface area contributed by atoms with Crippen LogP contribution in [0.4, 0.5) is 0 Å². The third-order valence-corrected chi connectivity index (χ3v) is 4.20. The van der Waals surface area contributed by atoms with Gasteiger partial charge in [-0.3, -0.25) is 9.78 Å². The number of esters is 1. The number of carbonyl (C=O) groups is 1. The van der Waals surface area contributed by atoms with Crippen molar-refractivity contribution in [1.29, 1.82) is 0 Å². The van der Waals surface area contributed by atoms with Crippen LogP contribution in [0.25, 0.3) is 0 Å². The summed E-state index contributed by atoms with van der Waals surface area (Å²) in [5.41, 5.74) is 0.927. The Morgan fingerprint density at radius 2 is 1.63 bits per heavy atom. The second-order valence-corrected chi connectivity index (χ2v) is 6.70. The van der Waals surface area contributed by atoms with Crippen LogP contribution in [0.1, 0.15) is 89.5 Å². The Hall–Kier alpha value is -2.26. The molecule has 27 heavy (non-hydrogen) atoms. The van der Waals surface area contributed by atoms with Gasteiger partial charge >= 0.3 is 5.97 Å². The van der Waals surface area contributed by atoms with Gasteiger partial charge in [0.1, 0.15) is 6.61 Å². The second kappa shape index (κ2) is 17.2. The van der Waals surface area contributed by atoms with Gasteiger partial charge in [-0.05, 0) is 37.2 Å². The van der Waals surface area contributed by atoms with Gasteiger partial charge in [-0.25, -0.2) is 0 Å². The van der Waals surface area contributed by atoms with Gasteiger partial charge in [0.05, 0.1) is 0 Å². The van der Waals surface area contributed by atoms with Crippen LogP contribution in [0.15, 0.2) is 24.5 Å². The molecule has 3 nitrogen and oxygen atoms in total. The van der Waals surface area contributed by atoms with E-state index in [0.29, 0.717) is 13.0 Å². The number of hydrogen-bond acceptors (Lipinski definition) is 3. The average molecular weight is 368 g/mol. The predicted octanol–water partition coefficient (Wildman–Crippen LogP) is 5.83. The monoisotopic (exact) mass is 367 g/mol. The smallest absolute Gasteiger partial charge is 0.306 e. The molecule has 0 atom stereocenters. The first-order valence-corrected chi connectivity index (χ1v) is 10.3. The van der Waals surface area contributed by atoms with Crippen LogP contribution in [0.5, 0.6) is 0 Å². The second-order valence-electron chi connectivity index (χ2n) is 6.70. The third kappa shape index (κ3) is 14.6. The molecule has 0 bridgehead atoms. The Morgan fingerprint density at radius 3 is 2.30 bits per heavy atom. The number of rotatable bonds is 13. The van der Waals surface area contributed by atoms with Crippen molar-refractivity contribution in [2.75, 3.05) is 0 Å². The van der Waals surface area contributed by atoms with E-state index in [-0.39, 0.29) is 5.97 Å². The zero-order chi connectivity index (χ0) is 19.4. The predicted molar refractivity (Wildman–Crippen MR) is 111 cm³/mol. The van der Waals surface area contributed by atoms with E-state index in [1.54, 1.807) is 12.4 Å². The molecule has 3 heteroatoms. The van der Waals surface area contributed by atoms with Gasteiger partial charge in [0.15, 0.2) is 0 Å². The molecular weight excluding hydrogens is 334 g/mol. The van der Waals surface area contributed by atoms with E-state index in [9.17, 15) is 4.79 Å². The standard InChI is InChI=1S/C24H33NO2/c1-2-3-4-5-6-7-8-9-10-11-12-13-14-15-16-19-24(26)27-22-23-18-17-20-25-21-23/h17-18,20-21H,2-5,10-16,19,22H2,1H3. The highest BCUT2D eigenvalue weighted by Gasteiger charge is 2.03. The van der Waals surface area contributed by atoms with Crippen molar-refractivity contribution >= 4 is 5.97 Å². The first-order valence-electron chi connectivity index (χ1n) is 10.3. The van der Waals surface area contributed by atoms with E-state index in [0.717, 1.165) is 37.7 Å². The molecule has 0 fully saturated rings. The lowest BCUT2D eigenvalue weighted by Crippen LogP contribution is -2.04. The fourth-order valence-corrected chi connectivity index (χ4v) is 2.59. The normalized spacial score (nSPS) is 9.67. The molecule has 0 saturated carbocycles. The minimum absolute atomic E-state index is 0.120. The number of hydrogen-bond donors (Lipinski definition) is 0. The van der Waals surface area contributed by atoms with E-state index < -0.39 is 0 Å². The Balaban J connectivity index is 1.88. The van der Waals surface area contributed by atoms with Crippen molar-refractivity contribution in [1.82, 2.24) is 4.98 Å². The van der Waals surface area contributed by atoms with Crippen molar-refractivity contribution < 1.29 is 9.53 Å². The van der Waals surface area contributed by atoms with Gasteiger partial charge < -0.3 is 4.74 Å². The van der Waals surface area contributed by atoms with E-state index >= 15 is 0 Å². The molecule has 0 N–H and O–H groups in total. The topological polar surface area (TPSA) is 39.2 Å². The van der Waals surface area contributed by atoms with Crippen LogP contribution < -0.4 is 0 Å². The number of unbranched alkanes of at least 4 members (excludes halogenated alkanes) is 9. The molecule has 0 aliphatic rings. The van der Waals surface area contributed by atoms with Gasteiger partial charge in [-0.1, -0.05) is 63.4 Å². The summed E-state index contributed by atoms with van der Waals surface area (Å²) in [4.78, 5) is 15.7. The highest BCUT2D eigenvalue weighted by molar-refractivity contribution is 5.69. The lowest BCUT2D eigenvalue weighted by molar-refractivity contribution is -0.145. The first-order chi connectivity index (χ1) is 13.3. The van der Waals surface area contributed by atoms with E-state index in [2.05, 4.69) is 35.6 Å². The van der Waals surface area contributed by atoms with Crippen LogP contribution in [-0.4, -0.2) is 11.0 Å². The zero-order valence-electron chi connectivity index (χ0n) is 16.8. The molecule has 146 valence electrons. The minimum Gasteiger partial charge on any atom is -0.461 e. The van der Waals surface area contributed by atoms with Crippen molar-refractivity contribution in [3.05, 3.63) is 30.1 Å². The molecule has 0 aliphatic carbocycles. The van der Waals surface area contributed by atoms with Crippen LogP contribution in [-0.2, 0) is 16.1 Å². The summed E-state index contributed by atoms with van der Waals surface area (Å²) < 4.78 is 5.24.